The number of hydrogen-bond donors (Lipinski definition) is 0. The lowest BCUT2D eigenvalue weighted by molar-refractivity contribution is 1.13. The number of benzene rings is 8. The number of hydrogen-bond acceptors (Lipinski definition) is 1. The van der Waals surface area contributed by atoms with E-state index in [9.17, 15) is 0 Å². The Kier molecular flexibility index (Phi) is 7.49. The first-order valence-electron chi connectivity index (χ1n) is 19.1. The van der Waals surface area contributed by atoms with Crippen LogP contribution in [0.25, 0.3) is 99.8 Å². The Balaban J connectivity index is 1.21. The average Bonchev–Trinajstić information content (AvgIpc) is 3.80. The van der Waals surface area contributed by atoms with Gasteiger partial charge in [-0.3, -0.25) is 0 Å². The molecule has 3 heteroatoms. The van der Waals surface area contributed by atoms with Crippen LogP contribution in [0.1, 0.15) is 0 Å². The molecule has 0 spiro atoms. The quantitative estimate of drug-likeness (QED) is 0.168. The van der Waals surface area contributed by atoms with Gasteiger partial charge in [-0.1, -0.05) is 152 Å². The largest absolute Gasteiger partial charge is 0.309 e. The predicted molar refractivity (Wildman–Crippen MR) is 235 cm³/mol. The van der Waals surface area contributed by atoms with E-state index in [0.29, 0.717) is 0 Å². The van der Waals surface area contributed by atoms with Gasteiger partial charge >= 0.3 is 0 Å². The van der Waals surface area contributed by atoms with E-state index in [1.165, 1.54) is 54.7 Å². The van der Waals surface area contributed by atoms with Gasteiger partial charge in [-0.15, -0.1) is 0 Å². The number of rotatable bonds is 6. The normalized spacial score (nSPS) is 11.6. The molecular weight excluding hydrogens is 679 g/mol. The van der Waals surface area contributed by atoms with Crippen LogP contribution in [0.3, 0.4) is 0 Å². The summed E-state index contributed by atoms with van der Waals surface area (Å²) < 4.78 is 4.83. The molecule has 0 unspecified atom stereocenters. The Bertz CT molecular complexity index is 3000. The summed E-state index contributed by atoms with van der Waals surface area (Å²) in [6, 6.07) is 76.3. The van der Waals surface area contributed by atoms with E-state index in [2.05, 4.69) is 221 Å². The molecule has 0 saturated carbocycles. The molecule has 3 nitrogen and oxygen atoms in total. The molecule has 8 aromatic carbocycles. The van der Waals surface area contributed by atoms with Gasteiger partial charge in [0.1, 0.15) is 0 Å². The highest BCUT2D eigenvalue weighted by atomic mass is 15.0. The maximum absolute atomic E-state index is 5.46. The second kappa shape index (κ2) is 13.1. The van der Waals surface area contributed by atoms with Crippen molar-refractivity contribution in [3.05, 3.63) is 212 Å². The molecule has 0 fully saturated rings. The van der Waals surface area contributed by atoms with E-state index in [1.54, 1.807) is 0 Å². The molecule has 3 heterocycles. The van der Waals surface area contributed by atoms with Crippen LogP contribution in [0.4, 0.5) is 0 Å². The highest BCUT2D eigenvalue weighted by Crippen LogP contribution is 2.39. The zero-order valence-corrected chi connectivity index (χ0v) is 30.5. The van der Waals surface area contributed by atoms with Gasteiger partial charge in [-0.05, 0) is 82.9 Å². The fraction of sp³-hybridized carbons (Fsp3) is 0. The third kappa shape index (κ3) is 5.32. The van der Waals surface area contributed by atoms with E-state index in [1.807, 2.05) is 0 Å². The molecule has 0 aliphatic rings. The summed E-state index contributed by atoms with van der Waals surface area (Å²) in [5, 5.41) is 4.93. The zero-order valence-electron chi connectivity index (χ0n) is 30.5. The lowest BCUT2D eigenvalue weighted by Gasteiger charge is -2.17. The molecular formula is C53H35N3. The summed E-state index contributed by atoms with van der Waals surface area (Å²) in [5.74, 6) is 0. The number of aromatic nitrogens is 3. The first-order valence-corrected chi connectivity index (χ1v) is 19.1. The molecule has 0 N–H and O–H groups in total. The maximum atomic E-state index is 5.46. The van der Waals surface area contributed by atoms with Crippen LogP contribution >= 0.6 is 0 Å². The highest BCUT2D eigenvalue weighted by molar-refractivity contribution is 6.10. The fourth-order valence-electron chi connectivity index (χ4n) is 8.51. The van der Waals surface area contributed by atoms with Crippen molar-refractivity contribution in [2.45, 2.75) is 0 Å². The van der Waals surface area contributed by atoms with Crippen molar-refractivity contribution < 1.29 is 0 Å². The number of fused-ring (bicyclic) bond motifs is 6. The molecule has 0 amide bonds. The van der Waals surface area contributed by atoms with E-state index in [4.69, 9.17) is 4.98 Å². The smallest absolute Gasteiger partial charge is 0.0717 e. The van der Waals surface area contributed by atoms with Crippen LogP contribution in [-0.4, -0.2) is 14.1 Å². The van der Waals surface area contributed by atoms with Crippen LogP contribution < -0.4 is 0 Å². The van der Waals surface area contributed by atoms with Crippen molar-refractivity contribution in [1.82, 2.24) is 14.1 Å². The lowest BCUT2D eigenvalue weighted by Crippen LogP contribution is -2.01. The summed E-state index contributed by atoms with van der Waals surface area (Å²) in [6.45, 7) is 0. The molecule has 11 rings (SSSR count). The van der Waals surface area contributed by atoms with Gasteiger partial charge in [-0.2, -0.15) is 0 Å². The summed E-state index contributed by atoms with van der Waals surface area (Å²) in [6.07, 6.45) is 0. The Labute approximate surface area is 325 Å². The molecule has 0 radical (unpaired) electrons. The summed E-state index contributed by atoms with van der Waals surface area (Å²) in [7, 11) is 0. The SMILES string of the molecule is c1ccc(-c2cccc(-c3cc(-c4ccccc4)nc(-c4cc(-n5c6ccccc6c6ccccc65)cc(-n5c6ccccc6c6ccccc65)c4)c3)c2)cc1. The standard InChI is InChI=1S/C53H35N3/c1-3-16-36(17-4-1)38-20-15-21-39(30-38)40-33-48(37-18-5-2-6-19-37)54-49(34-40)41-31-42(55-50-26-11-7-22-44(50)45-23-8-12-27-51(45)55)35-43(32-41)56-52-28-13-9-24-46(52)47-25-10-14-29-53(47)56/h1-35H. The van der Waals surface area contributed by atoms with Crippen LogP contribution in [0.5, 0.6) is 0 Å². The summed E-state index contributed by atoms with van der Waals surface area (Å²) >= 11 is 0. The average molecular weight is 714 g/mol. The van der Waals surface area contributed by atoms with Crippen molar-refractivity contribution in [2.75, 3.05) is 0 Å². The van der Waals surface area contributed by atoms with Gasteiger partial charge < -0.3 is 9.13 Å². The van der Waals surface area contributed by atoms with Gasteiger partial charge in [0.15, 0.2) is 0 Å². The monoisotopic (exact) mass is 713 g/mol. The van der Waals surface area contributed by atoms with Crippen molar-refractivity contribution in [1.29, 1.82) is 0 Å². The minimum absolute atomic E-state index is 0.913. The Hall–Kier alpha value is -7.49. The Morgan fingerprint density at radius 3 is 1.11 bits per heavy atom. The van der Waals surface area contributed by atoms with Gasteiger partial charge in [0, 0.05) is 44.0 Å². The van der Waals surface area contributed by atoms with Crippen LogP contribution in [0, 0.1) is 0 Å². The third-order valence-corrected chi connectivity index (χ3v) is 11.1. The summed E-state index contributed by atoms with van der Waals surface area (Å²) in [5.41, 5.74) is 15.5. The lowest BCUT2D eigenvalue weighted by atomic mass is 9.96. The Morgan fingerprint density at radius 2 is 0.625 bits per heavy atom. The minimum Gasteiger partial charge on any atom is -0.309 e. The van der Waals surface area contributed by atoms with Crippen molar-refractivity contribution in [3.8, 4) is 56.1 Å². The maximum Gasteiger partial charge on any atom is 0.0717 e. The molecule has 0 aliphatic heterocycles. The second-order valence-corrected chi connectivity index (χ2v) is 14.4. The Morgan fingerprint density at radius 1 is 0.250 bits per heavy atom. The van der Waals surface area contributed by atoms with Crippen LogP contribution in [0.15, 0.2) is 212 Å². The first kappa shape index (κ1) is 32.0. The van der Waals surface area contributed by atoms with E-state index >= 15 is 0 Å². The minimum atomic E-state index is 0.913. The fourth-order valence-corrected chi connectivity index (χ4v) is 8.51. The predicted octanol–water partition coefficient (Wildman–Crippen LogP) is 13.9. The van der Waals surface area contributed by atoms with E-state index in [-0.39, 0.29) is 0 Å². The molecule has 0 aliphatic carbocycles. The molecule has 11 aromatic rings. The number of pyridine rings is 1. The molecule has 0 atom stereocenters. The number of para-hydroxylation sites is 4. The van der Waals surface area contributed by atoms with Crippen molar-refractivity contribution in [3.63, 3.8) is 0 Å². The van der Waals surface area contributed by atoms with Gasteiger partial charge in [0.05, 0.1) is 33.5 Å². The second-order valence-electron chi connectivity index (χ2n) is 14.4. The zero-order chi connectivity index (χ0) is 37.0. The van der Waals surface area contributed by atoms with E-state index in [0.717, 1.165) is 45.0 Å². The first-order chi connectivity index (χ1) is 27.8. The van der Waals surface area contributed by atoms with Gasteiger partial charge in [-0.25, -0.2) is 4.98 Å². The molecule has 0 saturated heterocycles. The topological polar surface area (TPSA) is 22.8 Å². The summed E-state index contributed by atoms with van der Waals surface area (Å²) in [4.78, 5) is 5.46. The van der Waals surface area contributed by atoms with Gasteiger partial charge in [0.2, 0.25) is 0 Å². The number of nitrogens with zero attached hydrogens (tertiary/aromatic N) is 3. The van der Waals surface area contributed by atoms with Crippen molar-refractivity contribution >= 4 is 43.6 Å². The van der Waals surface area contributed by atoms with Crippen molar-refractivity contribution in [2.24, 2.45) is 0 Å². The van der Waals surface area contributed by atoms with Gasteiger partial charge in [0.25, 0.3) is 0 Å². The van der Waals surface area contributed by atoms with Crippen LogP contribution in [-0.2, 0) is 0 Å². The molecule has 56 heavy (non-hydrogen) atoms. The third-order valence-electron chi connectivity index (χ3n) is 11.1. The molecule has 262 valence electrons. The highest BCUT2D eigenvalue weighted by Gasteiger charge is 2.18. The molecule has 3 aromatic heterocycles. The van der Waals surface area contributed by atoms with Crippen LogP contribution in [0.2, 0.25) is 0 Å². The van der Waals surface area contributed by atoms with E-state index < -0.39 is 0 Å². The molecule has 0 bridgehead atoms.